The number of hydrogen-bond donors (Lipinski definition) is 1. The predicted molar refractivity (Wildman–Crippen MR) is 140 cm³/mol. The van der Waals surface area contributed by atoms with Crippen LogP contribution in [0.1, 0.15) is 51.4 Å². The molecule has 190 valence electrons. The van der Waals surface area contributed by atoms with Crippen LogP contribution in [0.4, 0.5) is 5.00 Å². The molecule has 8 nitrogen and oxygen atoms in total. The van der Waals surface area contributed by atoms with E-state index in [1.165, 1.54) is 25.4 Å². The fourth-order valence-electron chi connectivity index (χ4n) is 4.48. The number of methoxy groups -OCH3 is 1. The zero-order valence-electron chi connectivity index (χ0n) is 20.7. The van der Waals surface area contributed by atoms with E-state index in [1.54, 1.807) is 30.3 Å². The molecule has 0 bridgehead atoms. The van der Waals surface area contributed by atoms with Gasteiger partial charge in [0.15, 0.2) is 11.7 Å². The van der Waals surface area contributed by atoms with Crippen LogP contribution >= 0.6 is 11.3 Å². The monoisotopic (exact) mass is 518 g/mol. The summed E-state index contributed by atoms with van der Waals surface area (Å²) in [6.45, 7) is 3.65. The van der Waals surface area contributed by atoms with Crippen molar-refractivity contribution in [3.8, 4) is 11.5 Å². The maximum absolute atomic E-state index is 13.1. The summed E-state index contributed by atoms with van der Waals surface area (Å²) < 4.78 is 16.3. The molecule has 2 aromatic carbocycles. The number of aromatic nitrogens is 1. The molecule has 0 spiro atoms. The lowest BCUT2D eigenvalue weighted by Gasteiger charge is -2.18. The molecule has 0 aliphatic heterocycles. The van der Waals surface area contributed by atoms with Crippen LogP contribution in [0.15, 0.2) is 52.9 Å². The number of benzene rings is 2. The van der Waals surface area contributed by atoms with E-state index >= 15 is 0 Å². The van der Waals surface area contributed by atoms with Crippen molar-refractivity contribution in [3.63, 3.8) is 0 Å². The van der Waals surface area contributed by atoms with Crippen LogP contribution in [0, 0.1) is 5.92 Å². The highest BCUT2D eigenvalue weighted by atomic mass is 32.1. The Balaban J connectivity index is 1.35. The molecule has 37 heavy (non-hydrogen) atoms. The fourth-order valence-corrected chi connectivity index (χ4v) is 5.88. The molecule has 1 aliphatic rings. The van der Waals surface area contributed by atoms with Gasteiger partial charge in [0.2, 0.25) is 5.89 Å². The van der Waals surface area contributed by atoms with Gasteiger partial charge in [-0.1, -0.05) is 31.2 Å². The van der Waals surface area contributed by atoms with Crippen LogP contribution in [0.2, 0.25) is 0 Å². The van der Waals surface area contributed by atoms with Gasteiger partial charge in [-0.2, -0.15) is 0 Å². The van der Waals surface area contributed by atoms with Crippen molar-refractivity contribution < 1.29 is 28.3 Å². The van der Waals surface area contributed by atoms with Gasteiger partial charge in [-0.15, -0.1) is 11.3 Å². The molecule has 1 aliphatic carbocycles. The Kier molecular flexibility index (Phi) is 6.80. The molecule has 2 unspecified atom stereocenters. The predicted octanol–water partition coefficient (Wildman–Crippen LogP) is 5.65. The van der Waals surface area contributed by atoms with Gasteiger partial charge >= 0.3 is 11.9 Å². The number of esters is 2. The lowest BCUT2D eigenvalue weighted by atomic mass is 9.88. The van der Waals surface area contributed by atoms with E-state index in [4.69, 9.17) is 13.9 Å². The largest absolute Gasteiger partial charge is 0.465 e. The zero-order valence-corrected chi connectivity index (χ0v) is 21.5. The average Bonchev–Trinajstić information content (AvgIpc) is 3.49. The SMILES string of the molecule is COC(=O)c1c(NC(=O)C(C)OC(=O)c2ccccc2-c2nc3ccccc3o2)sc2c1CCC(C)C2. The van der Waals surface area contributed by atoms with Crippen molar-refractivity contribution in [2.24, 2.45) is 5.92 Å². The van der Waals surface area contributed by atoms with Gasteiger partial charge in [0.1, 0.15) is 10.5 Å². The Morgan fingerprint density at radius 1 is 1.11 bits per heavy atom. The highest BCUT2D eigenvalue weighted by molar-refractivity contribution is 7.17. The van der Waals surface area contributed by atoms with Crippen LogP contribution in [0.5, 0.6) is 0 Å². The molecular weight excluding hydrogens is 492 g/mol. The van der Waals surface area contributed by atoms with Crippen molar-refractivity contribution >= 4 is 45.3 Å². The third-order valence-electron chi connectivity index (χ3n) is 6.46. The van der Waals surface area contributed by atoms with Gasteiger partial charge in [0, 0.05) is 4.88 Å². The second-order valence-corrected chi connectivity index (χ2v) is 10.2. The molecule has 0 fully saturated rings. The second-order valence-electron chi connectivity index (χ2n) is 9.12. The van der Waals surface area contributed by atoms with Crippen LogP contribution in [0.3, 0.4) is 0 Å². The number of anilines is 1. The first-order valence-electron chi connectivity index (χ1n) is 12.0. The molecule has 0 saturated carbocycles. The highest BCUT2D eigenvalue weighted by Crippen LogP contribution is 2.40. The molecule has 9 heteroatoms. The molecule has 4 aromatic rings. The summed E-state index contributed by atoms with van der Waals surface area (Å²) in [6, 6.07) is 14.1. The Morgan fingerprint density at radius 2 is 1.86 bits per heavy atom. The first kappa shape index (κ1) is 24.7. The highest BCUT2D eigenvalue weighted by Gasteiger charge is 2.30. The van der Waals surface area contributed by atoms with Crippen molar-refractivity contribution in [2.75, 3.05) is 12.4 Å². The third kappa shape index (κ3) is 4.86. The Bertz CT molecular complexity index is 1470. The minimum Gasteiger partial charge on any atom is -0.465 e. The van der Waals surface area contributed by atoms with Crippen molar-refractivity contribution in [1.29, 1.82) is 0 Å². The van der Waals surface area contributed by atoms with Crippen LogP contribution in [-0.4, -0.2) is 36.0 Å². The number of nitrogens with zero attached hydrogens (tertiary/aromatic N) is 1. The number of carbonyl (C=O) groups is 3. The minimum atomic E-state index is -1.12. The topological polar surface area (TPSA) is 108 Å². The summed E-state index contributed by atoms with van der Waals surface area (Å²) in [5, 5.41) is 3.21. The molecule has 2 atom stereocenters. The van der Waals surface area contributed by atoms with Crippen molar-refractivity contribution in [1.82, 2.24) is 4.98 Å². The van der Waals surface area contributed by atoms with Gasteiger partial charge in [0.05, 0.1) is 23.8 Å². The number of nitrogens with one attached hydrogen (secondary N) is 1. The Morgan fingerprint density at radius 3 is 2.65 bits per heavy atom. The zero-order chi connectivity index (χ0) is 26.1. The quantitative estimate of drug-likeness (QED) is 0.329. The number of rotatable bonds is 6. The lowest BCUT2D eigenvalue weighted by molar-refractivity contribution is -0.123. The summed E-state index contributed by atoms with van der Waals surface area (Å²) in [7, 11) is 1.32. The number of oxazole rings is 1. The number of hydrogen-bond acceptors (Lipinski definition) is 8. The average molecular weight is 519 g/mol. The lowest BCUT2D eigenvalue weighted by Crippen LogP contribution is -2.30. The molecule has 1 amide bonds. The minimum absolute atomic E-state index is 0.226. The summed E-state index contributed by atoms with van der Waals surface area (Å²) in [4.78, 5) is 44.2. The Labute approximate surface area is 217 Å². The fraction of sp³-hybridized carbons (Fsp3) is 0.286. The Hall–Kier alpha value is -3.98. The van der Waals surface area contributed by atoms with E-state index in [-0.39, 0.29) is 11.5 Å². The van der Waals surface area contributed by atoms with Gasteiger partial charge in [-0.25, -0.2) is 14.6 Å². The molecular formula is C28H26N2O6S. The molecule has 0 saturated heterocycles. The van der Waals surface area contributed by atoms with Gasteiger partial charge in [0.25, 0.3) is 5.91 Å². The summed E-state index contributed by atoms with van der Waals surface area (Å²) >= 11 is 1.38. The van der Waals surface area contributed by atoms with E-state index in [0.29, 0.717) is 33.1 Å². The number of ether oxygens (including phenoxy) is 2. The van der Waals surface area contributed by atoms with E-state index in [2.05, 4.69) is 17.2 Å². The third-order valence-corrected chi connectivity index (χ3v) is 7.63. The van der Waals surface area contributed by atoms with Crippen molar-refractivity contribution in [2.45, 2.75) is 39.2 Å². The van der Waals surface area contributed by atoms with E-state index in [1.807, 2.05) is 18.2 Å². The molecule has 1 N–H and O–H groups in total. The summed E-state index contributed by atoms with van der Waals surface area (Å²) in [5.41, 5.74) is 3.28. The van der Waals surface area contributed by atoms with Crippen LogP contribution in [0.25, 0.3) is 22.6 Å². The maximum atomic E-state index is 13.1. The van der Waals surface area contributed by atoms with E-state index in [0.717, 1.165) is 29.7 Å². The van der Waals surface area contributed by atoms with Gasteiger partial charge < -0.3 is 19.2 Å². The summed E-state index contributed by atoms with van der Waals surface area (Å²) in [6.07, 6.45) is 1.45. The van der Waals surface area contributed by atoms with Crippen molar-refractivity contribution in [3.05, 3.63) is 70.1 Å². The number of fused-ring (bicyclic) bond motifs is 2. The number of amides is 1. The molecule has 5 rings (SSSR count). The van der Waals surface area contributed by atoms with Gasteiger partial charge in [-0.3, -0.25) is 4.79 Å². The van der Waals surface area contributed by atoms with E-state index in [9.17, 15) is 14.4 Å². The maximum Gasteiger partial charge on any atom is 0.341 e. The smallest absolute Gasteiger partial charge is 0.341 e. The van der Waals surface area contributed by atoms with Crippen LogP contribution < -0.4 is 5.32 Å². The number of para-hydroxylation sites is 2. The second kappa shape index (κ2) is 10.2. The van der Waals surface area contributed by atoms with Crippen LogP contribution in [-0.2, 0) is 27.1 Å². The number of thiophene rings is 1. The molecule has 2 heterocycles. The first-order valence-corrected chi connectivity index (χ1v) is 12.9. The summed E-state index contributed by atoms with van der Waals surface area (Å²) in [5.74, 6) is -0.926. The van der Waals surface area contributed by atoms with E-state index < -0.39 is 23.9 Å². The standard InChI is InChI=1S/C28H26N2O6S/c1-15-12-13-19-22(14-15)37-26(23(19)28(33)34-3)30-24(31)16(2)35-27(32)18-9-5-4-8-17(18)25-29-20-10-6-7-11-21(20)36-25/h4-11,15-16H,12-14H2,1-3H3,(H,30,31). The van der Waals surface area contributed by atoms with Gasteiger partial charge in [-0.05, 0) is 61.9 Å². The first-order chi connectivity index (χ1) is 17.9. The number of carbonyl (C=O) groups excluding carboxylic acids is 3. The normalized spacial score (nSPS) is 15.6. The molecule has 0 radical (unpaired) electrons. The molecule has 2 aromatic heterocycles.